The Kier molecular flexibility index (Phi) is 2.71. The van der Waals surface area contributed by atoms with Crippen LogP contribution >= 0.6 is 0 Å². The average Bonchev–Trinajstić information content (AvgIpc) is 2.67. The minimum atomic E-state index is -0.449. The number of hydrogen-bond acceptors (Lipinski definition) is 3. The number of rotatable bonds is 3. The zero-order valence-electron chi connectivity index (χ0n) is 9.86. The molecule has 2 rings (SSSR count). The van der Waals surface area contributed by atoms with Gasteiger partial charge in [0, 0.05) is 13.1 Å². The molecular formula is C11H14N4O2. The maximum absolute atomic E-state index is 11.8. The summed E-state index contributed by atoms with van der Waals surface area (Å²) in [6.45, 7) is 8.56. The summed E-state index contributed by atoms with van der Waals surface area (Å²) in [6.07, 6.45) is 1.56. The monoisotopic (exact) mass is 234 g/mol. The molecule has 2 aromatic heterocycles. The van der Waals surface area contributed by atoms with E-state index < -0.39 is 11.2 Å². The number of hydrogen-bond donors (Lipinski definition) is 1. The van der Waals surface area contributed by atoms with Crippen molar-refractivity contribution in [3.05, 3.63) is 39.3 Å². The number of aromatic amines is 1. The Bertz CT molecular complexity index is 690. The molecule has 0 bridgehead atoms. The summed E-state index contributed by atoms with van der Waals surface area (Å²) >= 11 is 0. The van der Waals surface area contributed by atoms with Crippen LogP contribution in [0.2, 0.25) is 0 Å². The molecule has 6 heteroatoms. The smallest absolute Gasteiger partial charge is 0.317 e. The summed E-state index contributed by atoms with van der Waals surface area (Å²) in [5.74, 6) is 0. The van der Waals surface area contributed by atoms with Gasteiger partial charge in [0.1, 0.15) is 5.65 Å². The second-order valence-electron chi connectivity index (χ2n) is 4.01. The normalized spacial score (nSPS) is 10.9. The van der Waals surface area contributed by atoms with Crippen LogP contribution in [-0.4, -0.2) is 19.1 Å². The van der Waals surface area contributed by atoms with Crippen LogP contribution in [0.4, 0.5) is 0 Å². The van der Waals surface area contributed by atoms with Gasteiger partial charge in [-0.15, -0.1) is 0 Å². The SMILES string of the molecule is C=C(C)Cn1c(=O)[nH]c(=O)c2ncn(CC)c21. The first-order valence-corrected chi connectivity index (χ1v) is 5.37. The van der Waals surface area contributed by atoms with Crippen LogP contribution in [0.25, 0.3) is 11.2 Å². The fourth-order valence-electron chi connectivity index (χ4n) is 1.79. The van der Waals surface area contributed by atoms with Gasteiger partial charge in [-0.1, -0.05) is 12.2 Å². The molecule has 0 saturated heterocycles. The molecule has 0 radical (unpaired) electrons. The maximum Gasteiger partial charge on any atom is 0.330 e. The summed E-state index contributed by atoms with van der Waals surface area (Å²) in [5, 5.41) is 0. The van der Waals surface area contributed by atoms with Crippen LogP contribution < -0.4 is 11.2 Å². The third-order valence-corrected chi connectivity index (χ3v) is 2.52. The molecule has 90 valence electrons. The molecule has 0 amide bonds. The van der Waals surface area contributed by atoms with Gasteiger partial charge < -0.3 is 4.57 Å². The number of nitrogens with zero attached hydrogens (tertiary/aromatic N) is 3. The summed E-state index contributed by atoms with van der Waals surface area (Å²) in [5.41, 5.74) is 0.789. The van der Waals surface area contributed by atoms with E-state index in [1.54, 1.807) is 10.9 Å². The van der Waals surface area contributed by atoms with E-state index in [4.69, 9.17) is 0 Å². The van der Waals surface area contributed by atoms with E-state index in [-0.39, 0.29) is 5.52 Å². The Morgan fingerprint density at radius 1 is 1.53 bits per heavy atom. The highest BCUT2D eigenvalue weighted by Crippen LogP contribution is 2.07. The Hall–Kier alpha value is -2.11. The van der Waals surface area contributed by atoms with Crippen LogP contribution in [0.5, 0.6) is 0 Å². The number of aromatic nitrogens is 4. The lowest BCUT2D eigenvalue weighted by molar-refractivity contribution is 0.690. The van der Waals surface area contributed by atoms with Crippen LogP contribution in [-0.2, 0) is 13.1 Å². The zero-order chi connectivity index (χ0) is 12.6. The Morgan fingerprint density at radius 3 is 2.82 bits per heavy atom. The van der Waals surface area contributed by atoms with Crippen LogP contribution in [0.15, 0.2) is 28.1 Å². The van der Waals surface area contributed by atoms with Gasteiger partial charge in [-0.3, -0.25) is 14.3 Å². The molecule has 0 aliphatic heterocycles. The molecule has 0 unspecified atom stereocenters. The predicted molar refractivity (Wildman–Crippen MR) is 65.1 cm³/mol. The highest BCUT2D eigenvalue weighted by atomic mass is 16.2. The minimum Gasteiger partial charge on any atom is -0.317 e. The van der Waals surface area contributed by atoms with E-state index in [0.717, 1.165) is 5.57 Å². The van der Waals surface area contributed by atoms with Gasteiger partial charge in [0.05, 0.1) is 6.33 Å². The van der Waals surface area contributed by atoms with Gasteiger partial charge in [-0.25, -0.2) is 9.78 Å². The van der Waals surface area contributed by atoms with E-state index in [2.05, 4.69) is 16.5 Å². The first-order valence-electron chi connectivity index (χ1n) is 5.37. The molecule has 0 aromatic carbocycles. The van der Waals surface area contributed by atoms with Gasteiger partial charge in [0.2, 0.25) is 0 Å². The summed E-state index contributed by atoms with van der Waals surface area (Å²) in [6, 6.07) is 0. The summed E-state index contributed by atoms with van der Waals surface area (Å²) < 4.78 is 3.25. The topological polar surface area (TPSA) is 72.7 Å². The summed E-state index contributed by atoms with van der Waals surface area (Å²) in [4.78, 5) is 29.7. The molecule has 1 N–H and O–H groups in total. The molecule has 2 heterocycles. The van der Waals surface area contributed by atoms with E-state index >= 15 is 0 Å². The quantitative estimate of drug-likeness (QED) is 0.785. The van der Waals surface area contributed by atoms with E-state index in [0.29, 0.717) is 18.7 Å². The van der Waals surface area contributed by atoms with E-state index in [9.17, 15) is 9.59 Å². The zero-order valence-corrected chi connectivity index (χ0v) is 9.86. The molecule has 0 fully saturated rings. The maximum atomic E-state index is 11.8. The predicted octanol–water partition coefficient (Wildman–Crippen LogP) is 0.482. The number of aryl methyl sites for hydroxylation is 1. The highest BCUT2D eigenvalue weighted by Gasteiger charge is 2.12. The molecule has 2 aromatic rings. The second-order valence-corrected chi connectivity index (χ2v) is 4.01. The van der Waals surface area contributed by atoms with Crippen molar-refractivity contribution >= 4 is 11.2 Å². The third-order valence-electron chi connectivity index (χ3n) is 2.52. The molecule has 0 saturated carbocycles. The van der Waals surface area contributed by atoms with Crippen molar-refractivity contribution in [1.82, 2.24) is 19.1 Å². The molecule has 0 atom stereocenters. The fourth-order valence-corrected chi connectivity index (χ4v) is 1.79. The highest BCUT2D eigenvalue weighted by molar-refractivity contribution is 5.69. The van der Waals surface area contributed by atoms with Crippen LogP contribution in [0, 0.1) is 0 Å². The van der Waals surface area contributed by atoms with Gasteiger partial charge in [0.25, 0.3) is 5.56 Å². The number of H-pyrrole nitrogens is 1. The fraction of sp³-hybridized carbons (Fsp3) is 0.364. The Balaban J connectivity index is 2.88. The number of fused-ring (bicyclic) bond motifs is 1. The van der Waals surface area contributed by atoms with Gasteiger partial charge in [0.15, 0.2) is 5.52 Å². The van der Waals surface area contributed by atoms with Crippen molar-refractivity contribution in [2.75, 3.05) is 0 Å². The van der Waals surface area contributed by atoms with Crippen molar-refractivity contribution in [2.24, 2.45) is 0 Å². The van der Waals surface area contributed by atoms with E-state index in [1.165, 1.54) is 4.57 Å². The Labute approximate surface area is 97.2 Å². The lowest BCUT2D eigenvalue weighted by Crippen LogP contribution is -2.31. The van der Waals surface area contributed by atoms with Gasteiger partial charge >= 0.3 is 5.69 Å². The van der Waals surface area contributed by atoms with Crippen LogP contribution in [0.3, 0.4) is 0 Å². The van der Waals surface area contributed by atoms with E-state index in [1.807, 2.05) is 13.8 Å². The lowest BCUT2D eigenvalue weighted by atomic mass is 10.3. The first kappa shape index (κ1) is 11.4. The molecule has 0 aliphatic rings. The Morgan fingerprint density at radius 2 is 2.24 bits per heavy atom. The van der Waals surface area contributed by atoms with Crippen molar-refractivity contribution < 1.29 is 0 Å². The molecule has 17 heavy (non-hydrogen) atoms. The standard InChI is InChI=1S/C11H14N4O2/c1-4-14-6-12-8-9(16)13-11(17)15(10(8)14)5-7(2)3/h6H,2,4-5H2,1,3H3,(H,13,16,17). The molecular weight excluding hydrogens is 220 g/mol. The minimum absolute atomic E-state index is 0.285. The number of allylic oxidation sites excluding steroid dienone is 1. The van der Waals surface area contributed by atoms with Crippen molar-refractivity contribution in [3.8, 4) is 0 Å². The van der Waals surface area contributed by atoms with Crippen molar-refractivity contribution in [2.45, 2.75) is 26.9 Å². The van der Waals surface area contributed by atoms with Crippen molar-refractivity contribution in [1.29, 1.82) is 0 Å². The van der Waals surface area contributed by atoms with Gasteiger partial charge in [-0.05, 0) is 13.8 Å². The summed E-state index contributed by atoms with van der Waals surface area (Å²) in [7, 11) is 0. The average molecular weight is 234 g/mol. The van der Waals surface area contributed by atoms with Crippen molar-refractivity contribution in [3.63, 3.8) is 0 Å². The third kappa shape index (κ3) is 1.82. The first-order chi connectivity index (χ1) is 8.04. The largest absolute Gasteiger partial charge is 0.330 e. The van der Waals surface area contributed by atoms with Crippen LogP contribution in [0.1, 0.15) is 13.8 Å². The number of imidazole rings is 1. The lowest BCUT2D eigenvalue weighted by Gasteiger charge is -2.08. The molecule has 0 aliphatic carbocycles. The second kappa shape index (κ2) is 4.04. The van der Waals surface area contributed by atoms with Gasteiger partial charge in [-0.2, -0.15) is 0 Å². The number of nitrogens with one attached hydrogen (secondary N) is 1. The molecule has 0 spiro atoms. The molecule has 6 nitrogen and oxygen atoms in total.